The Labute approximate surface area is 169 Å². The van der Waals surface area contributed by atoms with Gasteiger partial charge in [-0.15, -0.1) is 11.3 Å². The Balaban J connectivity index is 1.52. The molecule has 6 heteroatoms. The summed E-state index contributed by atoms with van der Waals surface area (Å²) in [7, 11) is 0. The first-order valence-corrected chi connectivity index (χ1v) is 10.5. The van der Waals surface area contributed by atoms with E-state index < -0.39 is 0 Å². The van der Waals surface area contributed by atoms with Gasteiger partial charge in [0.1, 0.15) is 10.8 Å². The molecular weight excluding hydrogens is 368 g/mol. The van der Waals surface area contributed by atoms with Gasteiger partial charge in [-0.05, 0) is 12.5 Å². The Morgan fingerprint density at radius 3 is 2.79 bits per heavy atom. The van der Waals surface area contributed by atoms with E-state index in [0.29, 0.717) is 6.54 Å². The van der Waals surface area contributed by atoms with E-state index in [4.69, 9.17) is 4.98 Å². The number of aromatic amines is 1. The maximum Gasteiger partial charge on any atom is 0.255 e. The van der Waals surface area contributed by atoms with Gasteiger partial charge in [-0.25, -0.2) is 9.97 Å². The van der Waals surface area contributed by atoms with Crippen LogP contribution in [0.4, 0.5) is 0 Å². The largest absolute Gasteiger partial charge is 0.310 e. The summed E-state index contributed by atoms with van der Waals surface area (Å²) in [5, 5.41) is 1.06. The number of aryl methyl sites for hydroxylation is 1. The number of hydrogen-bond donors (Lipinski definition) is 1. The minimum Gasteiger partial charge on any atom is -0.310 e. The van der Waals surface area contributed by atoms with Crippen LogP contribution in [0.5, 0.6) is 0 Å². The predicted molar refractivity (Wildman–Crippen MR) is 114 cm³/mol. The summed E-state index contributed by atoms with van der Waals surface area (Å²) in [6, 6.07) is 8.33. The Morgan fingerprint density at radius 2 is 2.04 bits per heavy atom. The third kappa shape index (κ3) is 3.80. The molecule has 3 heterocycles. The summed E-state index contributed by atoms with van der Waals surface area (Å²) in [6.45, 7) is 10.7. The van der Waals surface area contributed by atoms with Crippen LogP contribution in [0, 0.1) is 6.92 Å². The van der Waals surface area contributed by atoms with Gasteiger partial charge in [-0.3, -0.25) is 9.69 Å². The van der Waals surface area contributed by atoms with E-state index in [-0.39, 0.29) is 11.0 Å². The van der Waals surface area contributed by atoms with Crippen LogP contribution in [0.15, 0.2) is 35.3 Å². The standard InChI is InChI=1S/C22H26N4OS/c1-14-7-5-6-8-16(14)20-23-11-15(28-20)12-26-10-9-18-17(13-26)19(27)25-21(24-18)22(2,3)4/h5-8,11H,9-10,12-13H2,1-4H3,(H,24,25,27). The topological polar surface area (TPSA) is 61.9 Å². The van der Waals surface area contributed by atoms with Gasteiger partial charge >= 0.3 is 0 Å². The van der Waals surface area contributed by atoms with Crippen molar-refractivity contribution in [3.8, 4) is 10.6 Å². The van der Waals surface area contributed by atoms with E-state index in [1.54, 1.807) is 11.3 Å². The van der Waals surface area contributed by atoms with E-state index in [1.807, 2.05) is 6.20 Å². The fourth-order valence-electron chi connectivity index (χ4n) is 3.51. The summed E-state index contributed by atoms with van der Waals surface area (Å²) in [4.78, 5) is 28.5. The molecule has 0 spiro atoms. The van der Waals surface area contributed by atoms with Gasteiger partial charge in [0, 0.05) is 48.1 Å². The second-order valence-corrected chi connectivity index (χ2v) is 9.61. The van der Waals surface area contributed by atoms with Crippen LogP contribution in [0.2, 0.25) is 0 Å². The fourth-order valence-corrected chi connectivity index (χ4v) is 4.55. The van der Waals surface area contributed by atoms with Gasteiger partial charge in [0.15, 0.2) is 0 Å². The van der Waals surface area contributed by atoms with E-state index in [0.717, 1.165) is 41.6 Å². The number of rotatable bonds is 3. The van der Waals surface area contributed by atoms with E-state index in [2.05, 4.69) is 66.8 Å². The van der Waals surface area contributed by atoms with E-state index in [9.17, 15) is 4.79 Å². The average molecular weight is 395 g/mol. The molecule has 0 saturated heterocycles. The van der Waals surface area contributed by atoms with Crippen LogP contribution in [0.1, 0.15) is 48.3 Å². The van der Waals surface area contributed by atoms with E-state index in [1.165, 1.54) is 16.0 Å². The number of aromatic nitrogens is 3. The van der Waals surface area contributed by atoms with Crippen molar-refractivity contribution in [2.45, 2.75) is 52.6 Å². The number of fused-ring (bicyclic) bond motifs is 1. The number of thiazole rings is 1. The molecule has 4 rings (SSSR count). The molecule has 0 atom stereocenters. The van der Waals surface area contributed by atoms with Crippen molar-refractivity contribution in [2.75, 3.05) is 6.54 Å². The first-order chi connectivity index (χ1) is 13.3. The Kier molecular flexibility index (Phi) is 4.93. The maximum atomic E-state index is 12.6. The lowest BCUT2D eigenvalue weighted by molar-refractivity contribution is 0.243. The zero-order valence-corrected chi connectivity index (χ0v) is 17.7. The van der Waals surface area contributed by atoms with Gasteiger partial charge in [0.2, 0.25) is 0 Å². The van der Waals surface area contributed by atoms with Crippen LogP contribution in [-0.4, -0.2) is 26.4 Å². The first kappa shape index (κ1) is 19.0. The van der Waals surface area contributed by atoms with Crippen molar-refractivity contribution >= 4 is 11.3 Å². The van der Waals surface area contributed by atoms with Gasteiger partial charge in [-0.1, -0.05) is 45.0 Å². The summed E-state index contributed by atoms with van der Waals surface area (Å²) in [5.41, 5.74) is 4.04. The van der Waals surface area contributed by atoms with Gasteiger partial charge < -0.3 is 4.98 Å². The Hall–Kier alpha value is -2.31. The molecule has 1 aromatic carbocycles. The maximum absolute atomic E-state index is 12.6. The monoisotopic (exact) mass is 394 g/mol. The van der Waals surface area contributed by atoms with Gasteiger partial charge in [-0.2, -0.15) is 0 Å². The normalized spacial score (nSPS) is 14.9. The predicted octanol–water partition coefficient (Wildman–Crippen LogP) is 4.06. The number of hydrogen-bond acceptors (Lipinski definition) is 5. The molecule has 1 aliphatic rings. The smallest absolute Gasteiger partial charge is 0.255 e. The molecule has 0 radical (unpaired) electrons. The highest BCUT2D eigenvalue weighted by atomic mass is 32.1. The van der Waals surface area contributed by atoms with Crippen molar-refractivity contribution in [3.63, 3.8) is 0 Å². The fraction of sp³-hybridized carbons (Fsp3) is 0.409. The van der Waals surface area contributed by atoms with Crippen LogP contribution in [0.3, 0.4) is 0 Å². The highest BCUT2D eigenvalue weighted by Gasteiger charge is 2.25. The minimum absolute atomic E-state index is 0.00419. The van der Waals surface area contributed by atoms with Crippen molar-refractivity contribution in [1.82, 2.24) is 19.9 Å². The number of benzene rings is 1. The molecule has 146 valence electrons. The summed E-state index contributed by atoms with van der Waals surface area (Å²) >= 11 is 1.73. The van der Waals surface area contributed by atoms with Gasteiger partial charge in [0.25, 0.3) is 5.56 Å². The molecular formula is C22H26N4OS. The SMILES string of the molecule is Cc1ccccc1-c1ncc(CN2CCc3nc(C(C)(C)C)[nH]c(=O)c3C2)s1. The zero-order chi connectivity index (χ0) is 19.9. The molecule has 2 aromatic heterocycles. The summed E-state index contributed by atoms with van der Waals surface area (Å²) < 4.78 is 0. The molecule has 5 nitrogen and oxygen atoms in total. The highest BCUT2D eigenvalue weighted by molar-refractivity contribution is 7.15. The molecule has 0 amide bonds. The summed E-state index contributed by atoms with van der Waals surface area (Å²) in [6.07, 6.45) is 2.78. The third-order valence-electron chi connectivity index (χ3n) is 5.17. The molecule has 0 unspecified atom stereocenters. The number of nitrogens with one attached hydrogen (secondary N) is 1. The molecule has 3 aromatic rings. The second kappa shape index (κ2) is 7.26. The highest BCUT2D eigenvalue weighted by Crippen LogP contribution is 2.29. The van der Waals surface area contributed by atoms with Crippen LogP contribution in [-0.2, 0) is 24.9 Å². The molecule has 0 saturated carbocycles. The van der Waals surface area contributed by atoms with Crippen LogP contribution >= 0.6 is 11.3 Å². The number of H-pyrrole nitrogens is 1. The van der Waals surface area contributed by atoms with E-state index >= 15 is 0 Å². The van der Waals surface area contributed by atoms with Crippen LogP contribution < -0.4 is 5.56 Å². The third-order valence-corrected chi connectivity index (χ3v) is 6.18. The molecule has 28 heavy (non-hydrogen) atoms. The van der Waals surface area contributed by atoms with Crippen LogP contribution in [0.25, 0.3) is 10.6 Å². The molecule has 1 aliphatic heterocycles. The quantitative estimate of drug-likeness (QED) is 0.728. The molecule has 1 N–H and O–H groups in total. The zero-order valence-electron chi connectivity index (χ0n) is 16.9. The Morgan fingerprint density at radius 1 is 1.25 bits per heavy atom. The van der Waals surface area contributed by atoms with Crippen molar-refractivity contribution in [1.29, 1.82) is 0 Å². The molecule has 0 fully saturated rings. The Bertz CT molecular complexity index is 1060. The summed E-state index contributed by atoms with van der Waals surface area (Å²) in [5.74, 6) is 0.773. The van der Waals surface area contributed by atoms with Crippen molar-refractivity contribution in [3.05, 3.63) is 68.3 Å². The first-order valence-electron chi connectivity index (χ1n) is 9.67. The second-order valence-electron chi connectivity index (χ2n) is 8.50. The molecule has 0 aliphatic carbocycles. The number of nitrogens with zero attached hydrogens (tertiary/aromatic N) is 3. The lowest BCUT2D eigenvalue weighted by atomic mass is 9.95. The van der Waals surface area contributed by atoms with Crippen molar-refractivity contribution in [2.24, 2.45) is 0 Å². The van der Waals surface area contributed by atoms with Gasteiger partial charge in [0.05, 0.1) is 11.3 Å². The molecule has 0 bridgehead atoms. The lowest BCUT2D eigenvalue weighted by Gasteiger charge is -2.28. The minimum atomic E-state index is -0.153. The lowest BCUT2D eigenvalue weighted by Crippen LogP contribution is -2.36. The average Bonchev–Trinajstić information content (AvgIpc) is 3.10. The van der Waals surface area contributed by atoms with Crippen molar-refractivity contribution < 1.29 is 0 Å².